The molecule has 1 aliphatic carbocycles. The van der Waals surface area contributed by atoms with E-state index in [9.17, 15) is 9.90 Å². The van der Waals surface area contributed by atoms with Gasteiger partial charge in [0.25, 0.3) is 0 Å². The van der Waals surface area contributed by atoms with Crippen LogP contribution in [0.5, 0.6) is 0 Å². The van der Waals surface area contributed by atoms with E-state index in [2.05, 4.69) is 10.6 Å². The standard InChI is InChI=1S/C13H24N2O3/c16-12(15-11-3-1-2-4-11)9-14-10-13(17)5-7-18-8-6-13/h11,14,17H,1-10H2,(H,15,16). The minimum absolute atomic E-state index is 0.0394. The average Bonchev–Trinajstić information content (AvgIpc) is 2.82. The number of hydrogen-bond donors (Lipinski definition) is 3. The highest BCUT2D eigenvalue weighted by atomic mass is 16.5. The van der Waals surface area contributed by atoms with Crippen LogP contribution >= 0.6 is 0 Å². The van der Waals surface area contributed by atoms with E-state index >= 15 is 0 Å². The largest absolute Gasteiger partial charge is 0.388 e. The molecule has 0 atom stereocenters. The quantitative estimate of drug-likeness (QED) is 0.656. The Bertz CT molecular complexity index is 271. The van der Waals surface area contributed by atoms with Crippen molar-refractivity contribution in [2.45, 2.75) is 50.2 Å². The van der Waals surface area contributed by atoms with Crippen molar-refractivity contribution in [3.05, 3.63) is 0 Å². The molecule has 5 nitrogen and oxygen atoms in total. The van der Waals surface area contributed by atoms with E-state index in [0.29, 0.717) is 45.2 Å². The van der Waals surface area contributed by atoms with Gasteiger partial charge >= 0.3 is 0 Å². The normalized spacial score (nSPS) is 24.1. The summed E-state index contributed by atoms with van der Waals surface area (Å²) in [6.07, 6.45) is 5.94. The second-order valence-electron chi connectivity index (χ2n) is 5.49. The van der Waals surface area contributed by atoms with Crippen LogP contribution in [-0.2, 0) is 9.53 Å². The minimum Gasteiger partial charge on any atom is -0.388 e. The van der Waals surface area contributed by atoms with Gasteiger partial charge in [0.05, 0.1) is 12.1 Å². The van der Waals surface area contributed by atoms with E-state index in [1.165, 1.54) is 12.8 Å². The number of rotatable bonds is 5. The third-order valence-electron chi connectivity index (χ3n) is 3.88. The molecular formula is C13H24N2O3. The summed E-state index contributed by atoms with van der Waals surface area (Å²) in [5, 5.41) is 16.3. The van der Waals surface area contributed by atoms with E-state index < -0.39 is 5.60 Å². The Kier molecular flexibility index (Phi) is 4.97. The molecule has 2 fully saturated rings. The first-order chi connectivity index (χ1) is 8.68. The van der Waals surface area contributed by atoms with Crippen LogP contribution < -0.4 is 10.6 Å². The summed E-state index contributed by atoms with van der Waals surface area (Å²) < 4.78 is 5.21. The van der Waals surface area contributed by atoms with E-state index in [0.717, 1.165) is 12.8 Å². The number of carbonyl (C=O) groups is 1. The van der Waals surface area contributed by atoms with Crippen molar-refractivity contribution in [1.82, 2.24) is 10.6 Å². The van der Waals surface area contributed by atoms with Gasteiger partial charge in [-0.05, 0) is 12.8 Å². The zero-order chi connectivity index (χ0) is 12.8. The Morgan fingerprint density at radius 1 is 1.28 bits per heavy atom. The smallest absolute Gasteiger partial charge is 0.234 e. The molecule has 18 heavy (non-hydrogen) atoms. The zero-order valence-electron chi connectivity index (χ0n) is 10.9. The van der Waals surface area contributed by atoms with Crippen molar-refractivity contribution >= 4 is 5.91 Å². The lowest BCUT2D eigenvalue weighted by atomic mass is 9.94. The average molecular weight is 256 g/mol. The molecule has 3 N–H and O–H groups in total. The van der Waals surface area contributed by atoms with Crippen molar-refractivity contribution in [2.24, 2.45) is 0 Å². The fourth-order valence-corrected chi connectivity index (χ4v) is 2.69. The molecule has 0 aromatic rings. The maximum Gasteiger partial charge on any atom is 0.234 e. The van der Waals surface area contributed by atoms with Crippen molar-refractivity contribution in [2.75, 3.05) is 26.3 Å². The van der Waals surface area contributed by atoms with Gasteiger partial charge < -0.3 is 20.5 Å². The molecule has 1 saturated heterocycles. The molecule has 2 rings (SSSR count). The first-order valence-corrected chi connectivity index (χ1v) is 6.98. The molecule has 0 aromatic heterocycles. The summed E-state index contributed by atoms with van der Waals surface area (Å²) >= 11 is 0. The molecule has 5 heteroatoms. The third-order valence-corrected chi connectivity index (χ3v) is 3.88. The van der Waals surface area contributed by atoms with E-state index in [1.54, 1.807) is 0 Å². The number of amides is 1. The van der Waals surface area contributed by atoms with Gasteiger partial charge in [-0.15, -0.1) is 0 Å². The maximum atomic E-state index is 11.7. The molecule has 1 amide bonds. The molecule has 0 aromatic carbocycles. The van der Waals surface area contributed by atoms with Crippen molar-refractivity contribution in [1.29, 1.82) is 0 Å². The van der Waals surface area contributed by atoms with Crippen LogP contribution in [0.15, 0.2) is 0 Å². The molecule has 0 radical (unpaired) electrons. The summed E-state index contributed by atoms with van der Waals surface area (Å²) in [4.78, 5) is 11.7. The number of nitrogens with one attached hydrogen (secondary N) is 2. The monoisotopic (exact) mass is 256 g/mol. The Morgan fingerprint density at radius 2 is 1.94 bits per heavy atom. The van der Waals surface area contributed by atoms with Crippen LogP contribution in [-0.4, -0.2) is 49.0 Å². The van der Waals surface area contributed by atoms with Crippen molar-refractivity contribution in [3.8, 4) is 0 Å². The van der Waals surface area contributed by atoms with Gasteiger partial charge in [0.1, 0.15) is 0 Å². The van der Waals surface area contributed by atoms with Crippen LogP contribution in [0.1, 0.15) is 38.5 Å². The first kappa shape index (κ1) is 13.8. The lowest BCUT2D eigenvalue weighted by molar-refractivity contribution is -0.121. The van der Waals surface area contributed by atoms with Gasteiger partial charge in [-0.2, -0.15) is 0 Å². The summed E-state index contributed by atoms with van der Waals surface area (Å²) in [5.74, 6) is 0.0394. The Morgan fingerprint density at radius 3 is 2.61 bits per heavy atom. The number of hydrogen-bond acceptors (Lipinski definition) is 4. The maximum absolute atomic E-state index is 11.7. The first-order valence-electron chi connectivity index (χ1n) is 6.98. The van der Waals surface area contributed by atoms with Gasteiger partial charge in [-0.25, -0.2) is 0 Å². The summed E-state index contributed by atoms with van der Waals surface area (Å²) in [6.45, 7) is 1.97. The second kappa shape index (κ2) is 6.50. The zero-order valence-corrected chi connectivity index (χ0v) is 10.9. The van der Waals surface area contributed by atoms with Crippen molar-refractivity contribution < 1.29 is 14.6 Å². The van der Waals surface area contributed by atoms with Crippen LogP contribution in [0.3, 0.4) is 0 Å². The minimum atomic E-state index is -0.702. The van der Waals surface area contributed by atoms with Gasteiger partial charge in [-0.3, -0.25) is 4.79 Å². The lowest BCUT2D eigenvalue weighted by Crippen LogP contribution is -2.48. The predicted molar refractivity (Wildman–Crippen MR) is 68.3 cm³/mol. The highest BCUT2D eigenvalue weighted by Crippen LogP contribution is 2.19. The van der Waals surface area contributed by atoms with Gasteiger partial charge in [0.2, 0.25) is 5.91 Å². The fraction of sp³-hybridized carbons (Fsp3) is 0.923. The highest BCUT2D eigenvalue weighted by molar-refractivity contribution is 5.78. The SMILES string of the molecule is O=C(CNCC1(O)CCOCC1)NC1CCCC1. The Balaban J connectivity index is 1.60. The molecule has 2 aliphatic rings. The molecule has 104 valence electrons. The molecular weight excluding hydrogens is 232 g/mol. The Hall–Kier alpha value is -0.650. The van der Waals surface area contributed by atoms with Crippen molar-refractivity contribution in [3.63, 3.8) is 0 Å². The van der Waals surface area contributed by atoms with E-state index in [1.807, 2.05) is 0 Å². The molecule has 1 aliphatic heterocycles. The summed E-state index contributed by atoms with van der Waals surface area (Å²) in [6, 6.07) is 0.366. The van der Waals surface area contributed by atoms with Gasteiger partial charge in [0.15, 0.2) is 0 Å². The van der Waals surface area contributed by atoms with Gasteiger partial charge in [-0.1, -0.05) is 12.8 Å². The highest BCUT2D eigenvalue weighted by Gasteiger charge is 2.29. The third kappa shape index (κ3) is 4.23. The van der Waals surface area contributed by atoms with Crippen LogP contribution in [0.2, 0.25) is 0 Å². The molecule has 1 heterocycles. The second-order valence-corrected chi connectivity index (χ2v) is 5.49. The number of aliphatic hydroxyl groups is 1. The predicted octanol–water partition coefficient (Wildman–Crippen LogP) is 0.176. The van der Waals surface area contributed by atoms with Crippen LogP contribution in [0, 0.1) is 0 Å². The lowest BCUT2D eigenvalue weighted by Gasteiger charge is -2.32. The van der Waals surface area contributed by atoms with E-state index in [4.69, 9.17) is 4.74 Å². The molecule has 0 unspecified atom stereocenters. The molecule has 0 spiro atoms. The number of carbonyl (C=O) groups excluding carboxylic acids is 1. The molecule has 1 saturated carbocycles. The molecule has 0 bridgehead atoms. The van der Waals surface area contributed by atoms with E-state index in [-0.39, 0.29) is 5.91 Å². The van der Waals surface area contributed by atoms with Crippen LogP contribution in [0.25, 0.3) is 0 Å². The van der Waals surface area contributed by atoms with Crippen LogP contribution in [0.4, 0.5) is 0 Å². The fourth-order valence-electron chi connectivity index (χ4n) is 2.69. The summed E-state index contributed by atoms with van der Waals surface area (Å²) in [7, 11) is 0. The van der Waals surface area contributed by atoms with Gasteiger partial charge in [0, 0.05) is 38.6 Å². The number of ether oxygens (including phenoxy) is 1. The topological polar surface area (TPSA) is 70.6 Å². The summed E-state index contributed by atoms with van der Waals surface area (Å²) in [5.41, 5.74) is -0.702. The Labute approximate surface area is 108 Å².